The van der Waals surface area contributed by atoms with E-state index in [-0.39, 0.29) is 0 Å². The molecule has 1 saturated carbocycles. The first kappa shape index (κ1) is 9.47. The zero-order chi connectivity index (χ0) is 9.42. The first-order valence-electron chi connectivity index (χ1n) is 5.50. The summed E-state index contributed by atoms with van der Waals surface area (Å²) in [6.45, 7) is 4.78. The zero-order valence-electron chi connectivity index (χ0n) is 8.57. The second kappa shape index (κ2) is 3.58. The minimum absolute atomic E-state index is 0.349. The molecule has 0 aromatic heterocycles. The third-order valence-corrected chi connectivity index (χ3v) is 4.01. The third-order valence-electron chi connectivity index (χ3n) is 4.01. The number of ether oxygens (including phenoxy) is 1. The van der Waals surface area contributed by atoms with Crippen molar-refractivity contribution in [2.45, 2.75) is 45.3 Å². The highest BCUT2D eigenvalue weighted by Crippen LogP contribution is 2.44. The molecule has 0 radical (unpaired) electrons. The SMILES string of the molecule is CC1OC2CCCC(CO)C2C1C. The molecule has 0 aromatic carbocycles. The fourth-order valence-electron chi connectivity index (χ4n) is 3.12. The monoisotopic (exact) mass is 184 g/mol. The molecule has 76 valence electrons. The molecule has 2 nitrogen and oxygen atoms in total. The van der Waals surface area contributed by atoms with E-state index in [1.807, 2.05) is 0 Å². The second-order valence-corrected chi connectivity index (χ2v) is 4.69. The lowest BCUT2D eigenvalue weighted by atomic mass is 9.72. The Balaban J connectivity index is 2.11. The molecule has 2 fully saturated rings. The summed E-state index contributed by atoms with van der Waals surface area (Å²) in [7, 11) is 0. The van der Waals surface area contributed by atoms with Crippen LogP contribution in [0.5, 0.6) is 0 Å². The van der Waals surface area contributed by atoms with Crippen LogP contribution in [0.25, 0.3) is 0 Å². The fraction of sp³-hybridized carbons (Fsp3) is 1.00. The topological polar surface area (TPSA) is 29.5 Å². The maximum atomic E-state index is 9.29. The normalized spacial score (nSPS) is 50.5. The zero-order valence-corrected chi connectivity index (χ0v) is 8.57. The van der Waals surface area contributed by atoms with Gasteiger partial charge in [-0.05, 0) is 37.5 Å². The van der Waals surface area contributed by atoms with Gasteiger partial charge in [-0.3, -0.25) is 0 Å². The third kappa shape index (κ3) is 1.50. The van der Waals surface area contributed by atoms with Gasteiger partial charge in [-0.25, -0.2) is 0 Å². The highest BCUT2D eigenvalue weighted by atomic mass is 16.5. The van der Waals surface area contributed by atoms with Gasteiger partial charge in [0.15, 0.2) is 0 Å². The van der Waals surface area contributed by atoms with Gasteiger partial charge in [0.25, 0.3) is 0 Å². The summed E-state index contributed by atoms with van der Waals surface area (Å²) in [6.07, 6.45) is 4.46. The van der Waals surface area contributed by atoms with Crippen molar-refractivity contribution in [3.63, 3.8) is 0 Å². The molecule has 0 bridgehead atoms. The van der Waals surface area contributed by atoms with Gasteiger partial charge in [0, 0.05) is 6.61 Å². The molecule has 13 heavy (non-hydrogen) atoms. The average molecular weight is 184 g/mol. The Kier molecular flexibility index (Phi) is 2.61. The largest absolute Gasteiger partial charge is 0.396 e. The van der Waals surface area contributed by atoms with E-state index in [2.05, 4.69) is 13.8 Å². The van der Waals surface area contributed by atoms with E-state index in [0.717, 1.165) is 0 Å². The molecule has 1 N–H and O–H groups in total. The Morgan fingerprint density at radius 3 is 2.77 bits per heavy atom. The Labute approximate surface area is 80.3 Å². The molecule has 0 amide bonds. The van der Waals surface area contributed by atoms with E-state index in [0.29, 0.717) is 36.6 Å². The highest BCUT2D eigenvalue weighted by Gasteiger charge is 2.45. The Bertz CT molecular complexity index is 175. The molecule has 2 aliphatic rings. The smallest absolute Gasteiger partial charge is 0.0614 e. The molecule has 0 spiro atoms. The molecule has 5 unspecified atom stereocenters. The van der Waals surface area contributed by atoms with Crippen LogP contribution in [0.3, 0.4) is 0 Å². The number of fused-ring (bicyclic) bond motifs is 1. The molecule has 2 heteroatoms. The summed E-state index contributed by atoms with van der Waals surface area (Å²) in [6, 6.07) is 0. The minimum Gasteiger partial charge on any atom is -0.396 e. The van der Waals surface area contributed by atoms with Crippen LogP contribution in [0, 0.1) is 17.8 Å². The van der Waals surface area contributed by atoms with E-state index in [9.17, 15) is 5.11 Å². The minimum atomic E-state index is 0.349. The molecule has 1 aliphatic carbocycles. The van der Waals surface area contributed by atoms with E-state index < -0.39 is 0 Å². The van der Waals surface area contributed by atoms with Gasteiger partial charge in [-0.15, -0.1) is 0 Å². The first-order chi connectivity index (χ1) is 6.24. The van der Waals surface area contributed by atoms with Gasteiger partial charge < -0.3 is 9.84 Å². The summed E-state index contributed by atoms with van der Waals surface area (Å²) in [5.41, 5.74) is 0. The molecular weight excluding hydrogens is 164 g/mol. The van der Waals surface area contributed by atoms with Crippen LogP contribution in [0.2, 0.25) is 0 Å². The van der Waals surface area contributed by atoms with E-state index in [1.165, 1.54) is 19.3 Å². The lowest BCUT2D eigenvalue weighted by molar-refractivity contribution is 0.00329. The first-order valence-corrected chi connectivity index (χ1v) is 5.50. The van der Waals surface area contributed by atoms with Gasteiger partial charge in [0.05, 0.1) is 12.2 Å². The lowest BCUT2D eigenvalue weighted by Crippen LogP contribution is -2.34. The Morgan fingerprint density at radius 1 is 1.31 bits per heavy atom. The quantitative estimate of drug-likeness (QED) is 0.673. The van der Waals surface area contributed by atoms with Crippen molar-refractivity contribution in [2.24, 2.45) is 17.8 Å². The van der Waals surface area contributed by atoms with Crippen molar-refractivity contribution in [3.8, 4) is 0 Å². The van der Waals surface area contributed by atoms with Crippen LogP contribution in [-0.2, 0) is 4.74 Å². The van der Waals surface area contributed by atoms with E-state index in [1.54, 1.807) is 0 Å². The van der Waals surface area contributed by atoms with Crippen molar-refractivity contribution in [1.29, 1.82) is 0 Å². The molecule has 0 aromatic rings. The lowest BCUT2D eigenvalue weighted by Gasteiger charge is -2.33. The van der Waals surface area contributed by atoms with Crippen LogP contribution in [0.15, 0.2) is 0 Å². The average Bonchev–Trinajstić information content (AvgIpc) is 2.43. The predicted octanol–water partition coefficient (Wildman–Crippen LogP) is 1.82. The van der Waals surface area contributed by atoms with E-state index >= 15 is 0 Å². The fourth-order valence-corrected chi connectivity index (χ4v) is 3.12. The van der Waals surface area contributed by atoms with Crippen LogP contribution >= 0.6 is 0 Å². The van der Waals surface area contributed by atoms with Gasteiger partial charge >= 0.3 is 0 Å². The van der Waals surface area contributed by atoms with Crippen LogP contribution in [0.1, 0.15) is 33.1 Å². The summed E-state index contributed by atoms with van der Waals surface area (Å²) in [5.74, 6) is 1.75. The predicted molar refractivity (Wildman–Crippen MR) is 51.4 cm³/mol. The van der Waals surface area contributed by atoms with Crippen LogP contribution in [0.4, 0.5) is 0 Å². The standard InChI is InChI=1S/C11H20O2/c1-7-8(2)13-10-5-3-4-9(6-12)11(7)10/h7-12H,3-6H2,1-2H3. The summed E-state index contributed by atoms with van der Waals surface area (Å²) in [4.78, 5) is 0. The van der Waals surface area contributed by atoms with Crippen molar-refractivity contribution in [1.82, 2.24) is 0 Å². The van der Waals surface area contributed by atoms with Crippen molar-refractivity contribution < 1.29 is 9.84 Å². The molecule has 5 atom stereocenters. The van der Waals surface area contributed by atoms with Gasteiger partial charge in [0.2, 0.25) is 0 Å². The second-order valence-electron chi connectivity index (χ2n) is 4.69. The highest BCUT2D eigenvalue weighted by molar-refractivity contribution is 4.92. The van der Waals surface area contributed by atoms with Crippen LogP contribution in [-0.4, -0.2) is 23.9 Å². The molecule has 1 aliphatic heterocycles. The molecular formula is C11H20O2. The number of rotatable bonds is 1. The maximum absolute atomic E-state index is 9.29. The van der Waals surface area contributed by atoms with Gasteiger partial charge in [0.1, 0.15) is 0 Å². The maximum Gasteiger partial charge on any atom is 0.0614 e. The summed E-state index contributed by atoms with van der Waals surface area (Å²) in [5, 5.41) is 9.29. The summed E-state index contributed by atoms with van der Waals surface area (Å²) >= 11 is 0. The Hall–Kier alpha value is -0.0800. The number of hydrogen-bond acceptors (Lipinski definition) is 2. The number of hydrogen-bond donors (Lipinski definition) is 1. The van der Waals surface area contributed by atoms with Crippen molar-refractivity contribution in [2.75, 3.05) is 6.61 Å². The summed E-state index contributed by atoms with van der Waals surface area (Å²) < 4.78 is 5.90. The van der Waals surface area contributed by atoms with Gasteiger partial charge in [-0.1, -0.05) is 13.3 Å². The number of aliphatic hydroxyl groups is 1. The van der Waals surface area contributed by atoms with Crippen molar-refractivity contribution in [3.05, 3.63) is 0 Å². The van der Waals surface area contributed by atoms with Crippen LogP contribution < -0.4 is 0 Å². The van der Waals surface area contributed by atoms with E-state index in [4.69, 9.17) is 4.74 Å². The Morgan fingerprint density at radius 2 is 2.08 bits per heavy atom. The molecule has 2 rings (SSSR count). The van der Waals surface area contributed by atoms with Crippen molar-refractivity contribution >= 4 is 0 Å². The van der Waals surface area contributed by atoms with Gasteiger partial charge in [-0.2, -0.15) is 0 Å². The number of aliphatic hydroxyl groups excluding tert-OH is 1. The molecule has 1 heterocycles. The molecule has 1 saturated heterocycles.